The average Bonchev–Trinajstić information content (AvgIpc) is 3.21. The number of aliphatic hydroxyl groups is 1. The van der Waals surface area contributed by atoms with Crippen molar-refractivity contribution in [1.82, 2.24) is 15.6 Å². The second kappa shape index (κ2) is 12.2. The minimum absolute atomic E-state index is 0.0140. The van der Waals surface area contributed by atoms with Gasteiger partial charge in [0.1, 0.15) is 6.61 Å². The normalized spacial score (nSPS) is 21.3. The number of H-pyrrole nitrogens is 1. The number of para-hydroxylation sites is 1. The van der Waals surface area contributed by atoms with Gasteiger partial charge in [-0.3, -0.25) is 14.4 Å². The highest BCUT2D eigenvalue weighted by molar-refractivity contribution is 5.86. The molecule has 3 rings (SSSR count). The monoisotopic (exact) mass is 455 g/mol. The number of hydrogen-bond donors (Lipinski definition) is 4. The molecule has 0 aliphatic carbocycles. The van der Waals surface area contributed by atoms with Gasteiger partial charge in [0, 0.05) is 36.0 Å². The lowest BCUT2D eigenvalue weighted by Crippen LogP contribution is -2.45. The van der Waals surface area contributed by atoms with Crippen molar-refractivity contribution in [3.8, 4) is 0 Å². The first kappa shape index (κ1) is 24.5. The Kier molecular flexibility index (Phi) is 9.06. The number of amides is 2. The van der Waals surface area contributed by atoms with E-state index in [2.05, 4.69) is 15.6 Å². The molecule has 2 amide bonds. The highest BCUT2D eigenvalue weighted by Crippen LogP contribution is 2.20. The fourth-order valence-electron chi connectivity index (χ4n) is 3.93. The zero-order valence-electron chi connectivity index (χ0n) is 19.0. The molecule has 33 heavy (non-hydrogen) atoms. The number of esters is 1. The van der Waals surface area contributed by atoms with E-state index in [0.717, 1.165) is 16.5 Å². The van der Waals surface area contributed by atoms with Gasteiger partial charge in [-0.15, -0.1) is 0 Å². The van der Waals surface area contributed by atoms with Gasteiger partial charge >= 0.3 is 5.97 Å². The summed E-state index contributed by atoms with van der Waals surface area (Å²) in [7, 11) is 0. The molecule has 1 aliphatic rings. The number of benzene rings is 1. The van der Waals surface area contributed by atoms with E-state index >= 15 is 0 Å². The van der Waals surface area contributed by atoms with E-state index < -0.39 is 12.0 Å². The smallest absolute Gasteiger partial charge is 0.305 e. The maximum absolute atomic E-state index is 13.2. The maximum Gasteiger partial charge on any atom is 0.305 e. The van der Waals surface area contributed by atoms with Crippen LogP contribution in [0.1, 0.15) is 44.6 Å². The number of carbonyl (C=O) groups excluding carboxylic acids is 3. The van der Waals surface area contributed by atoms with Crippen molar-refractivity contribution in [3.63, 3.8) is 0 Å². The third-order valence-corrected chi connectivity index (χ3v) is 5.76. The Morgan fingerprint density at radius 2 is 2.09 bits per heavy atom. The molecule has 2 heterocycles. The highest BCUT2D eigenvalue weighted by atomic mass is 16.5. The molecular formula is C25H33N3O5. The third-order valence-electron chi connectivity index (χ3n) is 5.76. The molecular weight excluding hydrogens is 422 g/mol. The first-order valence-electron chi connectivity index (χ1n) is 11.5. The molecule has 0 bridgehead atoms. The number of carbonyl (C=O) groups is 3. The summed E-state index contributed by atoms with van der Waals surface area (Å²) in [5, 5.41) is 15.9. The third kappa shape index (κ3) is 7.46. The molecule has 0 fully saturated rings. The largest absolute Gasteiger partial charge is 0.463 e. The number of ether oxygens (including phenoxy) is 1. The van der Waals surface area contributed by atoms with Crippen LogP contribution >= 0.6 is 0 Å². The summed E-state index contributed by atoms with van der Waals surface area (Å²) in [6, 6.07) is 7.10. The van der Waals surface area contributed by atoms with Crippen LogP contribution in [0, 0.1) is 5.92 Å². The molecule has 1 aliphatic heterocycles. The molecule has 4 N–H and O–H groups in total. The Bertz CT molecular complexity index is 983. The Balaban J connectivity index is 1.76. The summed E-state index contributed by atoms with van der Waals surface area (Å²) < 4.78 is 5.47. The Morgan fingerprint density at radius 3 is 2.91 bits per heavy atom. The van der Waals surface area contributed by atoms with Gasteiger partial charge in [0.05, 0.1) is 18.6 Å². The molecule has 3 atom stereocenters. The Hall–Kier alpha value is -3.13. The van der Waals surface area contributed by atoms with Crippen LogP contribution in [0.2, 0.25) is 0 Å². The van der Waals surface area contributed by atoms with Crippen molar-refractivity contribution in [2.45, 2.75) is 57.5 Å². The van der Waals surface area contributed by atoms with Crippen LogP contribution in [-0.4, -0.2) is 53.2 Å². The van der Waals surface area contributed by atoms with Crippen molar-refractivity contribution >= 4 is 28.7 Å². The first-order valence-corrected chi connectivity index (χ1v) is 11.5. The van der Waals surface area contributed by atoms with Gasteiger partial charge in [-0.05, 0) is 44.2 Å². The van der Waals surface area contributed by atoms with Crippen molar-refractivity contribution in [1.29, 1.82) is 0 Å². The van der Waals surface area contributed by atoms with Crippen LogP contribution in [0.25, 0.3) is 10.9 Å². The molecule has 0 radical (unpaired) electrons. The van der Waals surface area contributed by atoms with Gasteiger partial charge in [-0.25, -0.2) is 0 Å². The molecule has 0 saturated carbocycles. The Labute approximate surface area is 193 Å². The van der Waals surface area contributed by atoms with Crippen LogP contribution in [0.5, 0.6) is 0 Å². The topological polar surface area (TPSA) is 121 Å². The van der Waals surface area contributed by atoms with Crippen molar-refractivity contribution < 1.29 is 24.2 Å². The fraction of sp³-hybridized carbons (Fsp3) is 0.480. The summed E-state index contributed by atoms with van der Waals surface area (Å²) in [5.41, 5.74) is 2.01. The van der Waals surface area contributed by atoms with E-state index in [1.807, 2.05) is 42.6 Å². The lowest BCUT2D eigenvalue weighted by Gasteiger charge is -2.22. The van der Waals surface area contributed by atoms with Crippen LogP contribution in [-0.2, 0) is 25.5 Å². The van der Waals surface area contributed by atoms with E-state index in [9.17, 15) is 19.5 Å². The van der Waals surface area contributed by atoms with Gasteiger partial charge in [-0.1, -0.05) is 30.4 Å². The van der Waals surface area contributed by atoms with Crippen LogP contribution < -0.4 is 10.6 Å². The zero-order valence-corrected chi connectivity index (χ0v) is 19.0. The standard InChI is InChI=1S/C25H33N3O5/c1-17(15-29)27-23(30)13-18-8-4-2-3-5-11-24(31)33-16-20(28-25(18)32)12-19-14-26-22-10-7-6-9-21(19)22/h2,4,6-7,9-10,14,17-18,20,26,29H,3,5,8,11-13,15-16H2,1H3,(H,27,30)(H,28,32). The van der Waals surface area contributed by atoms with Gasteiger partial charge in [-0.2, -0.15) is 0 Å². The number of aromatic amines is 1. The van der Waals surface area contributed by atoms with Gasteiger partial charge in [0.2, 0.25) is 11.8 Å². The lowest BCUT2D eigenvalue weighted by atomic mass is 9.97. The molecule has 8 nitrogen and oxygen atoms in total. The van der Waals surface area contributed by atoms with Crippen LogP contribution in [0.4, 0.5) is 0 Å². The minimum atomic E-state index is -0.561. The number of nitrogens with one attached hydrogen (secondary N) is 3. The first-order chi connectivity index (χ1) is 16.0. The zero-order chi connectivity index (χ0) is 23.6. The predicted octanol–water partition coefficient (Wildman–Crippen LogP) is 2.37. The number of cyclic esters (lactones) is 1. The number of aromatic nitrogens is 1. The van der Waals surface area contributed by atoms with Gasteiger partial charge in [0.25, 0.3) is 0 Å². The molecule has 0 spiro atoms. The van der Waals surface area contributed by atoms with E-state index in [1.165, 1.54) is 0 Å². The van der Waals surface area contributed by atoms with Gasteiger partial charge < -0.3 is 25.5 Å². The SMILES string of the molecule is CC(CO)NC(=O)CC1CC=CCCCC(=O)OCC(Cc2c[nH]c3ccccc23)NC1=O. The molecule has 8 heteroatoms. The van der Waals surface area contributed by atoms with Crippen LogP contribution in [0.15, 0.2) is 42.6 Å². The van der Waals surface area contributed by atoms with Gasteiger partial charge in [0.15, 0.2) is 0 Å². The number of allylic oxidation sites excluding steroid dienone is 2. The van der Waals surface area contributed by atoms with E-state index in [1.54, 1.807) is 6.92 Å². The van der Waals surface area contributed by atoms with E-state index in [-0.39, 0.29) is 43.5 Å². The van der Waals surface area contributed by atoms with Crippen molar-refractivity contribution in [3.05, 3.63) is 48.2 Å². The molecule has 2 aromatic rings. The van der Waals surface area contributed by atoms with Crippen molar-refractivity contribution in [2.24, 2.45) is 5.92 Å². The quantitative estimate of drug-likeness (QED) is 0.394. The number of aliphatic hydroxyl groups excluding tert-OH is 1. The molecule has 1 aromatic heterocycles. The fourth-order valence-corrected chi connectivity index (χ4v) is 3.93. The second-order valence-electron chi connectivity index (χ2n) is 8.60. The van der Waals surface area contributed by atoms with Crippen LogP contribution in [0.3, 0.4) is 0 Å². The second-order valence-corrected chi connectivity index (χ2v) is 8.60. The summed E-state index contributed by atoms with van der Waals surface area (Å²) in [6.45, 7) is 1.60. The van der Waals surface area contributed by atoms with E-state index in [4.69, 9.17) is 4.74 Å². The molecule has 0 saturated heterocycles. The lowest BCUT2D eigenvalue weighted by molar-refractivity contribution is -0.145. The number of hydrogen-bond acceptors (Lipinski definition) is 5. The highest BCUT2D eigenvalue weighted by Gasteiger charge is 2.25. The summed E-state index contributed by atoms with van der Waals surface area (Å²) in [6.07, 6.45) is 8.35. The Morgan fingerprint density at radius 1 is 1.27 bits per heavy atom. The number of rotatable bonds is 6. The predicted molar refractivity (Wildman–Crippen MR) is 125 cm³/mol. The van der Waals surface area contributed by atoms with Crippen molar-refractivity contribution in [2.75, 3.05) is 13.2 Å². The average molecular weight is 456 g/mol. The summed E-state index contributed by atoms with van der Waals surface area (Å²) in [4.78, 5) is 40.9. The number of fused-ring (bicyclic) bond motifs is 1. The maximum atomic E-state index is 13.2. The summed E-state index contributed by atoms with van der Waals surface area (Å²) in [5.74, 6) is -1.38. The molecule has 3 unspecified atom stereocenters. The summed E-state index contributed by atoms with van der Waals surface area (Å²) >= 11 is 0. The van der Waals surface area contributed by atoms with E-state index in [0.29, 0.717) is 32.1 Å². The molecule has 178 valence electrons. The molecule has 1 aromatic carbocycles. The minimum Gasteiger partial charge on any atom is -0.463 e.